The molecule has 0 saturated carbocycles. The Kier molecular flexibility index (Phi) is 4.32. The molecule has 0 radical (unpaired) electrons. The lowest BCUT2D eigenvalue weighted by Crippen LogP contribution is -1.93. The first kappa shape index (κ1) is 18.3. The second kappa shape index (κ2) is 12.0. The zero-order valence-corrected chi connectivity index (χ0v) is 26.8. The van der Waals surface area contributed by atoms with Gasteiger partial charge in [-0.15, -0.1) is 0 Å². The van der Waals surface area contributed by atoms with Crippen molar-refractivity contribution in [1.82, 2.24) is 0 Å². The maximum atomic E-state index is 9.49. The van der Waals surface area contributed by atoms with E-state index in [0.717, 1.165) is 27.3 Å². The van der Waals surface area contributed by atoms with Crippen molar-refractivity contribution in [2.24, 2.45) is 0 Å². The summed E-state index contributed by atoms with van der Waals surface area (Å²) < 4.78 is 127. The average Bonchev–Trinajstić information content (AvgIpc) is 3.70. The molecule has 0 aliphatic heterocycles. The van der Waals surface area contributed by atoms with Crippen molar-refractivity contribution in [1.29, 1.82) is 0 Å². The van der Waals surface area contributed by atoms with Crippen LogP contribution in [0.2, 0.25) is 0 Å². The molecule has 0 bridgehead atoms. The first-order chi connectivity index (χ1) is 31.1. The first-order valence-corrected chi connectivity index (χ1v) is 16.4. The van der Waals surface area contributed by atoms with Crippen LogP contribution < -0.4 is 0 Å². The molecular weight excluding hydrogens is 617 g/mol. The van der Waals surface area contributed by atoms with E-state index in [4.69, 9.17) is 20.9 Å². The fraction of sp³-hybridized carbons (Fsp3) is 0. The second-order valence-electron chi connectivity index (χ2n) is 12.2. The number of furan rings is 1. The van der Waals surface area contributed by atoms with Gasteiger partial charge in [-0.05, 0) is 95.4 Å². The fourth-order valence-electron chi connectivity index (χ4n) is 7.19. The van der Waals surface area contributed by atoms with Gasteiger partial charge in [-0.3, -0.25) is 0 Å². The van der Waals surface area contributed by atoms with Gasteiger partial charge < -0.3 is 4.42 Å². The van der Waals surface area contributed by atoms with Crippen LogP contribution in [0.1, 0.15) is 19.2 Å². The largest absolute Gasteiger partial charge is 0.456 e. The van der Waals surface area contributed by atoms with Crippen LogP contribution in [-0.4, -0.2) is 0 Å². The molecule has 0 aliphatic carbocycles. The summed E-state index contributed by atoms with van der Waals surface area (Å²) in [5, 5.41) is 4.28. The van der Waals surface area contributed by atoms with Crippen molar-refractivity contribution in [2.45, 2.75) is 0 Å². The third-order valence-electron chi connectivity index (χ3n) is 9.38. The van der Waals surface area contributed by atoms with Crippen LogP contribution in [0.4, 0.5) is 0 Å². The van der Waals surface area contributed by atoms with E-state index in [-0.39, 0.29) is 58.5 Å². The molecule has 0 N–H and O–H groups in total. The van der Waals surface area contributed by atoms with E-state index in [0.29, 0.717) is 49.6 Å². The van der Waals surface area contributed by atoms with Gasteiger partial charge in [-0.25, -0.2) is 0 Å². The molecule has 10 rings (SSSR count). The molecule has 1 aromatic heterocycles. The predicted molar refractivity (Wildman–Crippen MR) is 216 cm³/mol. The van der Waals surface area contributed by atoms with E-state index < -0.39 is 48.3 Å². The number of benzene rings is 9. The molecule has 0 atom stereocenters. The number of hydrogen-bond acceptors (Lipinski definition) is 1. The van der Waals surface area contributed by atoms with E-state index in [2.05, 4.69) is 0 Å². The minimum Gasteiger partial charge on any atom is -0.456 e. The lowest BCUT2D eigenvalue weighted by atomic mass is 9.83. The highest BCUT2D eigenvalue weighted by molar-refractivity contribution is 6.26. The highest BCUT2D eigenvalue weighted by Gasteiger charge is 2.21. The highest BCUT2D eigenvalue weighted by atomic mass is 16.3. The summed E-state index contributed by atoms with van der Waals surface area (Å²) in [6.07, 6.45) is 0. The van der Waals surface area contributed by atoms with Crippen LogP contribution >= 0.6 is 0 Å². The SMILES string of the molecule is [2H]c1c([2H])c([2H])c(-c2ccc(-c3c([2H])c([2H])c([2H])c([2H])c3-c3c4ccccc4c(-c4cccc5oc6ccc(-c7c([2H])c([2H])c([2H])c([2H])c7[2H])cc6c45)c4ccccc34)cc2)c([2H])c1[2H]. The Balaban J connectivity index is 1.25. The molecule has 51 heavy (non-hydrogen) atoms. The molecule has 0 amide bonds. The van der Waals surface area contributed by atoms with E-state index in [9.17, 15) is 2.74 Å². The maximum absolute atomic E-state index is 9.49. The minimum absolute atomic E-state index is 0.0102. The lowest BCUT2D eigenvalue weighted by Gasteiger charge is -2.20. The van der Waals surface area contributed by atoms with Crippen LogP contribution in [0.5, 0.6) is 0 Å². The summed E-state index contributed by atoms with van der Waals surface area (Å²) >= 11 is 0. The molecule has 9 aromatic carbocycles. The Bertz CT molecular complexity index is 3590. The summed E-state index contributed by atoms with van der Waals surface area (Å²) in [5.74, 6) is 0. The van der Waals surface area contributed by atoms with Crippen LogP contribution in [0.15, 0.2) is 198 Å². The molecule has 0 fully saturated rings. The quantitative estimate of drug-likeness (QED) is 0.167. The van der Waals surface area contributed by atoms with E-state index >= 15 is 0 Å². The highest BCUT2D eigenvalue weighted by Crippen LogP contribution is 2.48. The van der Waals surface area contributed by atoms with Crippen LogP contribution in [0.25, 0.3) is 99.1 Å². The van der Waals surface area contributed by atoms with Crippen molar-refractivity contribution in [3.8, 4) is 55.6 Å². The third kappa shape index (κ3) is 4.86. The summed E-state index contributed by atoms with van der Waals surface area (Å²) in [6.45, 7) is 0. The molecule has 238 valence electrons. The molecule has 0 saturated heterocycles. The smallest absolute Gasteiger partial charge is 0.136 e. The van der Waals surface area contributed by atoms with Crippen LogP contribution in [0.3, 0.4) is 0 Å². The Hall–Kier alpha value is -6.70. The van der Waals surface area contributed by atoms with Crippen LogP contribution in [0, 0.1) is 0 Å². The van der Waals surface area contributed by atoms with Gasteiger partial charge in [0.25, 0.3) is 0 Å². The molecule has 1 heteroatoms. The molecule has 10 aromatic rings. The first-order valence-electron chi connectivity index (χ1n) is 23.4. The molecular formula is C50H32O. The summed E-state index contributed by atoms with van der Waals surface area (Å²) in [5.41, 5.74) is 4.95. The van der Waals surface area contributed by atoms with Gasteiger partial charge in [0.2, 0.25) is 0 Å². The van der Waals surface area contributed by atoms with Gasteiger partial charge >= 0.3 is 0 Å². The number of hydrogen-bond donors (Lipinski definition) is 0. The van der Waals surface area contributed by atoms with Crippen molar-refractivity contribution in [3.63, 3.8) is 0 Å². The normalized spacial score (nSPS) is 15.4. The second-order valence-corrected chi connectivity index (χ2v) is 12.2. The third-order valence-corrected chi connectivity index (χ3v) is 9.38. The average molecular weight is 663 g/mol. The number of rotatable bonds is 5. The fourth-order valence-corrected chi connectivity index (χ4v) is 7.19. The summed E-state index contributed by atoms with van der Waals surface area (Å²) in [6, 6.07) is 27.0. The van der Waals surface area contributed by atoms with Gasteiger partial charge in [0.15, 0.2) is 0 Å². The minimum atomic E-state index is -0.508. The monoisotopic (exact) mass is 662 g/mol. The standard InChI is InChI=1S/C50H32O/c1-3-14-33(15-4-1)35-26-28-36(29-27-35)38-18-7-8-19-39(38)48-40-20-9-11-22-42(40)49(43-23-12-10-21-41(43)48)44-24-13-25-47-50(44)45-32-37(30-31-46(45)51-47)34-16-5-2-6-17-34/h1-32H/i1D,2D,3D,4D,5D,6D,7D,8D,14D,15D,16D,17D,18D,19D. The summed E-state index contributed by atoms with van der Waals surface area (Å²) in [7, 11) is 0. The number of fused-ring (bicyclic) bond motifs is 5. The maximum Gasteiger partial charge on any atom is 0.136 e. The Labute approximate surface area is 316 Å². The zero-order chi connectivity index (χ0) is 45.9. The van der Waals surface area contributed by atoms with Crippen molar-refractivity contribution < 1.29 is 23.6 Å². The van der Waals surface area contributed by atoms with Crippen molar-refractivity contribution >= 4 is 43.5 Å². The van der Waals surface area contributed by atoms with Gasteiger partial charge in [0.05, 0.1) is 19.2 Å². The molecule has 0 unspecified atom stereocenters. The molecule has 1 nitrogen and oxygen atoms in total. The van der Waals surface area contributed by atoms with Gasteiger partial charge in [0.1, 0.15) is 11.2 Å². The summed E-state index contributed by atoms with van der Waals surface area (Å²) in [4.78, 5) is 0. The van der Waals surface area contributed by atoms with E-state index in [1.54, 1.807) is 42.5 Å². The van der Waals surface area contributed by atoms with E-state index in [1.165, 1.54) is 0 Å². The Morgan fingerprint density at radius 1 is 0.333 bits per heavy atom. The van der Waals surface area contributed by atoms with Crippen molar-refractivity contribution in [2.75, 3.05) is 0 Å². The van der Waals surface area contributed by atoms with Crippen LogP contribution in [-0.2, 0) is 0 Å². The lowest BCUT2D eigenvalue weighted by molar-refractivity contribution is 0.669. The van der Waals surface area contributed by atoms with Gasteiger partial charge in [-0.2, -0.15) is 0 Å². The molecule has 1 heterocycles. The molecule has 0 spiro atoms. The van der Waals surface area contributed by atoms with Gasteiger partial charge in [0, 0.05) is 10.8 Å². The van der Waals surface area contributed by atoms with E-state index in [1.807, 2.05) is 66.7 Å². The topological polar surface area (TPSA) is 13.1 Å². The predicted octanol–water partition coefficient (Wildman–Crippen LogP) is 14.2. The van der Waals surface area contributed by atoms with Gasteiger partial charge in [-0.1, -0.05) is 176 Å². The zero-order valence-electron chi connectivity index (χ0n) is 40.8. The van der Waals surface area contributed by atoms with Crippen molar-refractivity contribution in [3.05, 3.63) is 194 Å². The Morgan fingerprint density at radius 3 is 1.47 bits per heavy atom. The molecule has 0 aliphatic rings. The Morgan fingerprint density at radius 2 is 0.843 bits per heavy atom.